The Morgan fingerprint density at radius 1 is 1.19 bits per heavy atom. The summed E-state index contributed by atoms with van der Waals surface area (Å²) >= 11 is 1.68. The van der Waals surface area contributed by atoms with Gasteiger partial charge >= 0.3 is 0 Å². The Hall–Kier alpha value is -2.46. The van der Waals surface area contributed by atoms with E-state index in [4.69, 9.17) is 0 Å². The quantitative estimate of drug-likeness (QED) is 0.745. The van der Waals surface area contributed by atoms with Gasteiger partial charge in [-0.25, -0.2) is 4.98 Å². The number of carboxylic acids is 1. The first kappa shape index (κ1) is 13.5. The van der Waals surface area contributed by atoms with Crippen LogP contribution in [0.5, 0.6) is 0 Å². The van der Waals surface area contributed by atoms with Gasteiger partial charge in [-0.2, -0.15) is 0 Å². The molecule has 0 aliphatic rings. The Morgan fingerprint density at radius 3 is 2.71 bits per heavy atom. The molecule has 4 heteroatoms. The first-order valence-corrected chi connectivity index (χ1v) is 7.31. The van der Waals surface area contributed by atoms with Crippen molar-refractivity contribution in [3.63, 3.8) is 0 Å². The molecule has 3 nitrogen and oxygen atoms in total. The summed E-state index contributed by atoms with van der Waals surface area (Å²) in [5.41, 5.74) is 1.43. The summed E-state index contributed by atoms with van der Waals surface area (Å²) < 4.78 is 0. The lowest BCUT2D eigenvalue weighted by atomic mass is 10.1. The molecule has 0 spiro atoms. The number of carboxylic acid groups (broad SMARTS) is 1. The van der Waals surface area contributed by atoms with E-state index in [0.717, 1.165) is 4.88 Å². The van der Waals surface area contributed by atoms with Crippen LogP contribution in [-0.2, 0) is 0 Å². The maximum atomic E-state index is 11.3. The standard InChI is InChI=1S/C17H13NO2S/c1-11-6-8-13(21-11)9-7-12-10-15(17(19)20)14-4-2-3-5-16(14)18-12/h2-10H,1H3,(H,19,20)/p-1/b9-7+. The van der Waals surface area contributed by atoms with Crippen molar-refractivity contribution in [2.24, 2.45) is 0 Å². The number of pyridine rings is 1. The normalized spacial score (nSPS) is 11.3. The third-order valence-corrected chi connectivity index (χ3v) is 4.10. The fourth-order valence-corrected chi connectivity index (χ4v) is 2.94. The van der Waals surface area contributed by atoms with Gasteiger partial charge in [-0.15, -0.1) is 11.3 Å². The van der Waals surface area contributed by atoms with Crippen LogP contribution in [0.25, 0.3) is 23.1 Å². The fraction of sp³-hybridized carbons (Fsp3) is 0.0588. The zero-order valence-corrected chi connectivity index (χ0v) is 12.2. The molecule has 0 radical (unpaired) electrons. The number of benzene rings is 1. The molecule has 104 valence electrons. The molecule has 0 fully saturated rings. The second-order valence-electron chi connectivity index (χ2n) is 4.68. The molecule has 0 atom stereocenters. The van der Waals surface area contributed by atoms with Gasteiger partial charge in [-0.1, -0.05) is 18.2 Å². The van der Waals surface area contributed by atoms with Gasteiger partial charge in [0.05, 0.1) is 17.2 Å². The molecule has 0 N–H and O–H groups in total. The third kappa shape index (κ3) is 2.85. The van der Waals surface area contributed by atoms with E-state index in [9.17, 15) is 9.90 Å². The summed E-state index contributed by atoms with van der Waals surface area (Å²) in [6.45, 7) is 2.05. The lowest BCUT2D eigenvalue weighted by Gasteiger charge is -2.08. The molecule has 1 aromatic carbocycles. The number of thiophene rings is 1. The van der Waals surface area contributed by atoms with Crippen molar-refractivity contribution in [2.75, 3.05) is 0 Å². The average molecular weight is 294 g/mol. The highest BCUT2D eigenvalue weighted by Gasteiger charge is 2.05. The van der Waals surface area contributed by atoms with Crippen molar-refractivity contribution in [3.05, 3.63) is 63.5 Å². The first-order valence-electron chi connectivity index (χ1n) is 6.49. The summed E-state index contributed by atoms with van der Waals surface area (Å²) in [6.07, 6.45) is 3.76. The monoisotopic (exact) mass is 294 g/mol. The molecule has 3 aromatic rings. The predicted molar refractivity (Wildman–Crippen MR) is 84.1 cm³/mol. The second kappa shape index (κ2) is 5.50. The average Bonchev–Trinajstić information content (AvgIpc) is 2.89. The van der Waals surface area contributed by atoms with Crippen LogP contribution < -0.4 is 5.11 Å². The number of carbonyl (C=O) groups is 1. The van der Waals surface area contributed by atoms with Crippen molar-refractivity contribution in [1.82, 2.24) is 4.98 Å². The van der Waals surface area contributed by atoms with E-state index in [1.54, 1.807) is 35.6 Å². The number of aromatic carboxylic acids is 1. The molecule has 0 saturated carbocycles. The lowest BCUT2D eigenvalue weighted by Crippen LogP contribution is -2.22. The van der Waals surface area contributed by atoms with Crippen molar-refractivity contribution < 1.29 is 9.90 Å². The maximum absolute atomic E-state index is 11.3. The van der Waals surface area contributed by atoms with Gasteiger partial charge in [-0.05, 0) is 43.3 Å². The second-order valence-corrected chi connectivity index (χ2v) is 6.00. The molecule has 0 saturated heterocycles. The minimum Gasteiger partial charge on any atom is -0.545 e. The molecular weight excluding hydrogens is 282 g/mol. The van der Waals surface area contributed by atoms with Crippen molar-refractivity contribution in [2.45, 2.75) is 6.92 Å². The van der Waals surface area contributed by atoms with Crippen LogP contribution in [0.15, 0.2) is 42.5 Å². The van der Waals surface area contributed by atoms with Crippen molar-refractivity contribution in [1.29, 1.82) is 0 Å². The number of aromatic nitrogens is 1. The molecule has 0 aliphatic heterocycles. The van der Waals surface area contributed by atoms with E-state index in [2.05, 4.69) is 4.98 Å². The lowest BCUT2D eigenvalue weighted by molar-refractivity contribution is -0.254. The summed E-state index contributed by atoms with van der Waals surface area (Å²) in [5, 5.41) is 11.9. The number of para-hydroxylation sites is 1. The van der Waals surface area contributed by atoms with Crippen molar-refractivity contribution >= 4 is 40.4 Å². The van der Waals surface area contributed by atoms with Crippen LogP contribution in [0.2, 0.25) is 0 Å². The molecule has 0 aliphatic carbocycles. The van der Waals surface area contributed by atoms with Gasteiger partial charge in [-0.3, -0.25) is 0 Å². The zero-order chi connectivity index (χ0) is 14.8. The summed E-state index contributed by atoms with van der Waals surface area (Å²) in [7, 11) is 0. The Kier molecular flexibility index (Phi) is 3.54. The van der Waals surface area contributed by atoms with Crippen LogP contribution in [0.3, 0.4) is 0 Å². The Morgan fingerprint density at radius 2 is 2.00 bits per heavy atom. The SMILES string of the molecule is Cc1ccc(/C=C/c2cc(C(=O)[O-])c3ccccc3n2)s1. The van der Waals surface area contributed by atoms with E-state index < -0.39 is 5.97 Å². The van der Waals surface area contributed by atoms with E-state index in [-0.39, 0.29) is 5.56 Å². The zero-order valence-electron chi connectivity index (χ0n) is 11.4. The van der Waals surface area contributed by atoms with Gasteiger partial charge in [0.25, 0.3) is 0 Å². The fourth-order valence-electron chi connectivity index (χ4n) is 2.16. The largest absolute Gasteiger partial charge is 0.545 e. The first-order chi connectivity index (χ1) is 10.1. The van der Waals surface area contributed by atoms with Gasteiger partial charge in [0.1, 0.15) is 0 Å². The number of rotatable bonds is 3. The third-order valence-electron chi connectivity index (χ3n) is 3.14. The summed E-state index contributed by atoms with van der Waals surface area (Å²) in [6, 6.07) is 12.8. The van der Waals surface area contributed by atoms with E-state index in [0.29, 0.717) is 16.6 Å². The summed E-state index contributed by atoms with van der Waals surface area (Å²) in [4.78, 5) is 18.1. The molecule has 21 heavy (non-hydrogen) atoms. The predicted octanol–water partition coefficient (Wildman–Crippen LogP) is 3.14. The van der Waals surface area contributed by atoms with Gasteiger partial charge in [0.15, 0.2) is 0 Å². The smallest absolute Gasteiger partial charge is 0.0722 e. The molecule has 0 amide bonds. The van der Waals surface area contributed by atoms with E-state index >= 15 is 0 Å². The number of nitrogens with zero attached hydrogens (tertiary/aromatic N) is 1. The van der Waals surface area contributed by atoms with Crippen LogP contribution in [0.4, 0.5) is 0 Å². The Bertz CT molecular complexity index is 849. The highest BCUT2D eigenvalue weighted by atomic mass is 32.1. The minimum absolute atomic E-state index is 0.169. The number of fused-ring (bicyclic) bond motifs is 1. The van der Waals surface area contributed by atoms with Crippen LogP contribution >= 0.6 is 11.3 Å². The number of carbonyl (C=O) groups excluding carboxylic acids is 1. The molecular formula is C17H12NO2S-. The van der Waals surface area contributed by atoms with E-state index in [1.165, 1.54) is 4.88 Å². The highest BCUT2D eigenvalue weighted by molar-refractivity contribution is 7.12. The number of hydrogen-bond donors (Lipinski definition) is 0. The van der Waals surface area contributed by atoms with E-state index in [1.807, 2.05) is 37.3 Å². The molecule has 0 unspecified atom stereocenters. The van der Waals surface area contributed by atoms with Gasteiger partial charge in [0, 0.05) is 20.7 Å². The summed E-state index contributed by atoms with van der Waals surface area (Å²) in [5.74, 6) is -1.18. The van der Waals surface area contributed by atoms with Crippen LogP contribution in [-0.4, -0.2) is 11.0 Å². The van der Waals surface area contributed by atoms with Gasteiger partial charge in [0.2, 0.25) is 0 Å². The van der Waals surface area contributed by atoms with Crippen molar-refractivity contribution in [3.8, 4) is 0 Å². The molecule has 0 bridgehead atoms. The molecule has 2 aromatic heterocycles. The highest BCUT2D eigenvalue weighted by Crippen LogP contribution is 2.21. The van der Waals surface area contributed by atoms with Gasteiger partial charge < -0.3 is 9.90 Å². The Balaban J connectivity index is 2.07. The Labute approximate surface area is 126 Å². The maximum Gasteiger partial charge on any atom is 0.0722 e. The van der Waals surface area contributed by atoms with Crippen LogP contribution in [0.1, 0.15) is 25.8 Å². The number of hydrogen-bond acceptors (Lipinski definition) is 4. The topological polar surface area (TPSA) is 53.0 Å². The minimum atomic E-state index is -1.18. The molecule has 2 heterocycles. The van der Waals surface area contributed by atoms with Crippen LogP contribution in [0, 0.1) is 6.92 Å². The number of aryl methyl sites for hydroxylation is 1. The molecule has 3 rings (SSSR count).